The number of methoxy groups -OCH3 is 1. The molecule has 0 unspecified atom stereocenters. The Labute approximate surface area is 96.9 Å². The van der Waals surface area contributed by atoms with E-state index < -0.39 is 18.3 Å². The van der Waals surface area contributed by atoms with E-state index >= 15 is 0 Å². The van der Waals surface area contributed by atoms with E-state index in [2.05, 4.69) is 0 Å². The van der Waals surface area contributed by atoms with Gasteiger partial charge in [-0.3, -0.25) is 4.79 Å². The molecular formula is C9H16F4N2O2. The second-order valence-electron chi connectivity index (χ2n) is 3.48. The molecule has 0 bridgehead atoms. The van der Waals surface area contributed by atoms with Crippen molar-refractivity contribution in [3.8, 4) is 0 Å². The van der Waals surface area contributed by atoms with Crippen molar-refractivity contribution in [3.05, 3.63) is 0 Å². The van der Waals surface area contributed by atoms with Crippen LogP contribution >= 0.6 is 0 Å². The number of alkyl halides is 4. The maximum atomic E-state index is 12.5. The monoisotopic (exact) mass is 260 g/mol. The van der Waals surface area contributed by atoms with Gasteiger partial charge >= 0.3 is 12.3 Å². The fraction of sp³-hybridized carbons (Fsp3) is 0.889. The molecule has 0 aromatic heterocycles. The Hall–Kier alpha value is -0.890. The maximum Gasteiger partial charge on any atom is 0.383 e. The summed E-state index contributed by atoms with van der Waals surface area (Å²) >= 11 is 0. The lowest BCUT2D eigenvalue weighted by atomic mass is 10.3. The second kappa shape index (κ2) is 7.44. The molecule has 0 aromatic rings. The number of hydrogen-bond acceptors (Lipinski definition) is 3. The summed E-state index contributed by atoms with van der Waals surface area (Å²) in [6.07, 6.45) is -3.99. The number of halogens is 4. The van der Waals surface area contributed by atoms with Crippen molar-refractivity contribution in [2.75, 3.05) is 40.4 Å². The molecule has 8 heteroatoms. The lowest BCUT2D eigenvalue weighted by Crippen LogP contribution is -2.47. The van der Waals surface area contributed by atoms with Gasteiger partial charge < -0.3 is 15.0 Å². The smallest absolute Gasteiger partial charge is 0.383 e. The normalized spacial score (nSPS) is 12.2. The molecule has 0 radical (unpaired) electrons. The van der Waals surface area contributed by atoms with Crippen LogP contribution < -0.4 is 5.32 Å². The van der Waals surface area contributed by atoms with Gasteiger partial charge in [0.25, 0.3) is 5.91 Å². The number of carbonyl (C=O) groups excluding carboxylic acids is 1. The molecule has 0 fully saturated rings. The molecule has 0 aliphatic rings. The highest BCUT2D eigenvalue weighted by molar-refractivity contribution is 5.83. The first-order chi connectivity index (χ1) is 7.82. The van der Waals surface area contributed by atoms with Gasteiger partial charge in [-0.1, -0.05) is 0 Å². The number of amides is 1. The molecule has 4 nitrogen and oxygen atoms in total. The molecule has 0 saturated carbocycles. The fourth-order valence-corrected chi connectivity index (χ4v) is 0.936. The first-order valence-corrected chi connectivity index (χ1v) is 4.94. The van der Waals surface area contributed by atoms with E-state index in [-0.39, 0.29) is 13.1 Å². The minimum absolute atomic E-state index is 0.124. The lowest BCUT2D eigenvalue weighted by Gasteiger charge is -2.18. The Morgan fingerprint density at radius 3 is 2.47 bits per heavy atom. The summed E-state index contributed by atoms with van der Waals surface area (Å²) in [7, 11) is 3.20. The van der Waals surface area contributed by atoms with Crippen molar-refractivity contribution in [2.24, 2.45) is 0 Å². The molecule has 1 N–H and O–H groups in total. The Morgan fingerprint density at radius 2 is 2.00 bits per heavy atom. The van der Waals surface area contributed by atoms with Gasteiger partial charge in [-0.05, 0) is 7.05 Å². The van der Waals surface area contributed by atoms with E-state index in [9.17, 15) is 22.4 Å². The summed E-state index contributed by atoms with van der Waals surface area (Å²) < 4.78 is 53.3. The molecule has 0 heterocycles. The first-order valence-electron chi connectivity index (χ1n) is 4.94. The molecule has 1 amide bonds. The van der Waals surface area contributed by atoms with Crippen LogP contribution in [0.3, 0.4) is 0 Å². The van der Waals surface area contributed by atoms with Crippen molar-refractivity contribution in [1.82, 2.24) is 10.2 Å². The van der Waals surface area contributed by atoms with Crippen LogP contribution in [-0.2, 0) is 9.53 Å². The molecule has 17 heavy (non-hydrogen) atoms. The minimum atomic E-state index is -4.63. The minimum Gasteiger partial charge on any atom is -0.383 e. The number of hydrogen-bond donors (Lipinski definition) is 1. The van der Waals surface area contributed by atoms with Crippen LogP contribution in [-0.4, -0.2) is 63.6 Å². The predicted octanol–water partition coefficient (Wildman–Crippen LogP) is 0.581. The number of carbonyl (C=O) groups is 1. The molecular weight excluding hydrogens is 244 g/mol. The van der Waals surface area contributed by atoms with E-state index in [0.717, 1.165) is 0 Å². The zero-order valence-corrected chi connectivity index (χ0v) is 9.68. The summed E-state index contributed by atoms with van der Waals surface area (Å²) in [6.45, 7) is 1.16. The molecule has 0 atom stereocenters. The van der Waals surface area contributed by atoms with Crippen LogP contribution in [0.4, 0.5) is 17.6 Å². The molecule has 0 aliphatic heterocycles. The molecule has 0 aliphatic carbocycles. The van der Waals surface area contributed by atoms with Crippen LogP contribution in [0.5, 0.6) is 0 Å². The highest BCUT2D eigenvalue weighted by Crippen LogP contribution is 2.22. The van der Waals surface area contributed by atoms with E-state index in [4.69, 9.17) is 4.74 Å². The van der Waals surface area contributed by atoms with Crippen LogP contribution in [0.1, 0.15) is 0 Å². The van der Waals surface area contributed by atoms with Gasteiger partial charge in [0.15, 0.2) is 0 Å². The van der Waals surface area contributed by atoms with Crippen molar-refractivity contribution in [3.63, 3.8) is 0 Å². The van der Waals surface area contributed by atoms with E-state index in [1.54, 1.807) is 17.3 Å². The molecule has 0 saturated heterocycles. The summed E-state index contributed by atoms with van der Waals surface area (Å²) in [4.78, 5) is 12.4. The molecule has 102 valence electrons. The Kier molecular flexibility index (Phi) is 7.05. The quantitative estimate of drug-likeness (QED) is 0.649. The fourth-order valence-electron chi connectivity index (χ4n) is 0.936. The predicted molar refractivity (Wildman–Crippen MR) is 53.3 cm³/mol. The van der Waals surface area contributed by atoms with Gasteiger partial charge in [-0.15, -0.1) is 0 Å². The zero-order chi connectivity index (χ0) is 13.5. The summed E-state index contributed by atoms with van der Waals surface area (Å²) in [5.41, 5.74) is 0. The Morgan fingerprint density at radius 1 is 1.41 bits per heavy atom. The topological polar surface area (TPSA) is 41.6 Å². The van der Waals surface area contributed by atoms with E-state index in [1.165, 1.54) is 7.11 Å². The van der Waals surface area contributed by atoms with Gasteiger partial charge in [-0.2, -0.15) is 8.78 Å². The SMILES string of the molecule is COCCN(C)CCNC(=O)C(F)(F)C(F)F. The van der Waals surface area contributed by atoms with Crippen LogP contribution in [0.2, 0.25) is 0 Å². The zero-order valence-electron chi connectivity index (χ0n) is 9.68. The first kappa shape index (κ1) is 16.1. The number of rotatable bonds is 8. The molecule has 0 rings (SSSR count). The number of likely N-dealkylation sites (N-methyl/N-ethyl adjacent to an activating group) is 1. The summed E-state index contributed by atoms with van der Waals surface area (Å²) in [6, 6.07) is 0. The molecule has 0 spiro atoms. The molecule has 0 aromatic carbocycles. The summed E-state index contributed by atoms with van der Waals surface area (Å²) in [5, 5.41) is 1.76. The number of ether oxygens (including phenoxy) is 1. The third-order valence-electron chi connectivity index (χ3n) is 2.03. The van der Waals surface area contributed by atoms with Crippen LogP contribution in [0.15, 0.2) is 0 Å². The lowest BCUT2D eigenvalue weighted by molar-refractivity contribution is -0.169. The Bertz CT molecular complexity index is 239. The highest BCUT2D eigenvalue weighted by Gasteiger charge is 2.48. The van der Waals surface area contributed by atoms with Crippen LogP contribution in [0.25, 0.3) is 0 Å². The van der Waals surface area contributed by atoms with Crippen molar-refractivity contribution < 1.29 is 27.1 Å². The van der Waals surface area contributed by atoms with Crippen molar-refractivity contribution in [1.29, 1.82) is 0 Å². The highest BCUT2D eigenvalue weighted by atomic mass is 19.3. The van der Waals surface area contributed by atoms with E-state index in [1.807, 2.05) is 0 Å². The number of nitrogens with one attached hydrogen (secondary N) is 1. The van der Waals surface area contributed by atoms with Gasteiger partial charge in [-0.25, -0.2) is 8.78 Å². The van der Waals surface area contributed by atoms with Crippen molar-refractivity contribution in [2.45, 2.75) is 12.3 Å². The second-order valence-corrected chi connectivity index (χ2v) is 3.48. The maximum absolute atomic E-state index is 12.5. The van der Waals surface area contributed by atoms with Gasteiger partial charge in [0, 0.05) is 26.7 Å². The largest absolute Gasteiger partial charge is 0.383 e. The third kappa shape index (κ3) is 5.83. The van der Waals surface area contributed by atoms with E-state index in [0.29, 0.717) is 13.2 Å². The van der Waals surface area contributed by atoms with Gasteiger partial charge in [0.2, 0.25) is 0 Å². The van der Waals surface area contributed by atoms with Gasteiger partial charge in [0.1, 0.15) is 0 Å². The average molecular weight is 260 g/mol. The third-order valence-corrected chi connectivity index (χ3v) is 2.03. The van der Waals surface area contributed by atoms with Gasteiger partial charge in [0.05, 0.1) is 6.61 Å². The van der Waals surface area contributed by atoms with Crippen LogP contribution in [0, 0.1) is 0 Å². The van der Waals surface area contributed by atoms with Crippen molar-refractivity contribution >= 4 is 5.91 Å². The average Bonchev–Trinajstić information content (AvgIpc) is 2.25. The Balaban J connectivity index is 3.85. The standard InChI is InChI=1S/C9H16F4N2O2/c1-15(5-6-17-2)4-3-14-8(16)9(12,13)7(10)11/h7H,3-6H2,1-2H3,(H,14,16). The number of nitrogens with zero attached hydrogens (tertiary/aromatic N) is 1. The summed E-state index contributed by atoms with van der Waals surface area (Å²) in [5.74, 6) is -6.59.